The number of rotatable bonds is 5. The third-order valence-electron chi connectivity index (χ3n) is 5.94. The van der Waals surface area contributed by atoms with Crippen LogP contribution in [-0.4, -0.2) is 66.1 Å². The van der Waals surface area contributed by atoms with Gasteiger partial charge in [0.25, 0.3) is 5.91 Å². The van der Waals surface area contributed by atoms with E-state index in [1.165, 1.54) is 19.3 Å². The van der Waals surface area contributed by atoms with Crippen molar-refractivity contribution in [1.29, 1.82) is 0 Å². The van der Waals surface area contributed by atoms with Crippen molar-refractivity contribution in [2.24, 2.45) is 11.8 Å². The van der Waals surface area contributed by atoms with E-state index in [9.17, 15) is 4.79 Å². The first-order valence-electron chi connectivity index (χ1n) is 9.15. The summed E-state index contributed by atoms with van der Waals surface area (Å²) in [6, 6.07) is 3.60. The summed E-state index contributed by atoms with van der Waals surface area (Å²) in [6.07, 6.45) is 8.42. The summed E-state index contributed by atoms with van der Waals surface area (Å²) in [5, 5.41) is 0. The predicted octanol–water partition coefficient (Wildman–Crippen LogP) is 2.04. The number of hydrogen-bond acceptors (Lipinski definition) is 4. The minimum Gasteiger partial charge on any atom is -0.381 e. The van der Waals surface area contributed by atoms with Crippen LogP contribution in [0.4, 0.5) is 0 Å². The Labute approximate surface area is 144 Å². The zero-order valence-electron chi connectivity index (χ0n) is 14.5. The molecule has 2 aliphatic heterocycles. The summed E-state index contributed by atoms with van der Waals surface area (Å²) < 4.78 is 5.93. The highest BCUT2D eigenvalue weighted by Gasteiger charge is 2.51. The van der Waals surface area contributed by atoms with Gasteiger partial charge < -0.3 is 9.64 Å². The van der Waals surface area contributed by atoms with Gasteiger partial charge in [0.15, 0.2) is 0 Å². The van der Waals surface area contributed by atoms with Gasteiger partial charge in [-0.05, 0) is 63.2 Å². The van der Waals surface area contributed by atoms with Crippen LogP contribution in [0.5, 0.6) is 0 Å². The molecule has 4 rings (SSSR count). The van der Waals surface area contributed by atoms with Crippen LogP contribution in [0, 0.1) is 11.8 Å². The lowest BCUT2D eigenvalue weighted by molar-refractivity contribution is -0.0761. The molecule has 3 heterocycles. The first-order valence-corrected chi connectivity index (χ1v) is 9.15. The molecule has 2 saturated heterocycles. The highest BCUT2D eigenvalue weighted by atomic mass is 16.5. The number of carbonyl (C=O) groups is 1. The van der Waals surface area contributed by atoms with E-state index in [0.29, 0.717) is 5.92 Å². The number of carbonyl (C=O) groups excluding carboxylic acids is 1. The number of ether oxygens (including phenoxy) is 1. The van der Waals surface area contributed by atoms with Gasteiger partial charge in [-0.25, -0.2) is 0 Å². The molecule has 1 unspecified atom stereocenters. The van der Waals surface area contributed by atoms with Crippen LogP contribution in [0.25, 0.3) is 0 Å². The smallest absolute Gasteiger partial charge is 0.254 e. The average molecular weight is 329 g/mol. The lowest BCUT2D eigenvalue weighted by atomic mass is 9.75. The third kappa shape index (κ3) is 3.20. The molecule has 1 atom stereocenters. The highest BCUT2D eigenvalue weighted by molar-refractivity contribution is 5.94. The van der Waals surface area contributed by atoms with Crippen LogP contribution in [0.15, 0.2) is 24.5 Å². The van der Waals surface area contributed by atoms with E-state index in [2.05, 4.69) is 16.9 Å². The summed E-state index contributed by atoms with van der Waals surface area (Å²) in [6.45, 7) is 4.62. The van der Waals surface area contributed by atoms with Crippen molar-refractivity contribution in [3.8, 4) is 0 Å². The standard InChI is InChI=1S/C19H27N3O2/c1-21-9-6-16(12-24-11-15-2-3-15)10-19(21)13-22(14-19)18(23)17-4-7-20-8-5-17/h4-5,7-8,15-16H,2-3,6,9-14H2,1H3. The second-order valence-corrected chi connectivity index (χ2v) is 7.88. The Morgan fingerprint density at radius 2 is 1.92 bits per heavy atom. The summed E-state index contributed by atoms with van der Waals surface area (Å²) in [7, 11) is 2.20. The van der Waals surface area contributed by atoms with Crippen molar-refractivity contribution in [2.75, 3.05) is 39.9 Å². The Bertz CT molecular complexity index is 582. The van der Waals surface area contributed by atoms with E-state index in [0.717, 1.165) is 50.8 Å². The monoisotopic (exact) mass is 329 g/mol. The maximum atomic E-state index is 12.5. The Morgan fingerprint density at radius 1 is 1.21 bits per heavy atom. The van der Waals surface area contributed by atoms with Crippen LogP contribution in [0.2, 0.25) is 0 Å². The van der Waals surface area contributed by atoms with Gasteiger partial charge in [0, 0.05) is 44.3 Å². The van der Waals surface area contributed by atoms with E-state index in [1.807, 2.05) is 4.90 Å². The molecule has 0 aromatic carbocycles. The minimum atomic E-state index is 0.128. The number of hydrogen-bond donors (Lipinski definition) is 0. The fourth-order valence-electron chi connectivity index (χ4n) is 4.09. The molecule has 130 valence electrons. The van der Waals surface area contributed by atoms with E-state index in [1.54, 1.807) is 24.5 Å². The molecular formula is C19H27N3O2. The lowest BCUT2D eigenvalue weighted by Crippen LogP contribution is -2.72. The van der Waals surface area contributed by atoms with Crippen LogP contribution in [0.3, 0.4) is 0 Å². The molecular weight excluding hydrogens is 302 g/mol. The average Bonchev–Trinajstić information content (AvgIpc) is 3.39. The topological polar surface area (TPSA) is 45.7 Å². The van der Waals surface area contributed by atoms with E-state index in [-0.39, 0.29) is 11.4 Å². The molecule has 1 saturated carbocycles. The van der Waals surface area contributed by atoms with Gasteiger partial charge >= 0.3 is 0 Å². The van der Waals surface area contributed by atoms with E-state index >= 15 is 0 Å². The SMILES string of the molecule is CN1CCC(COCC2CC2)CC12CN(C(=O)c1ccncc1)C2. The second-order valence-electron chi connectivity index (χ2n) is 7.88. The van der Waals surface area contributed by atoms with Crippen LogP contribution < -0.4 is 0 Å². The number of pyridine rings is 1. The third-order valence-corrected chi connectivity index (χ3v) is 5.94. The number of amides is 1. The van der Waals surface area contributed by atoms with Crippen molar-refractivity contribution in [3.63, 3.8) is 0 Å². The zero-order valence-corrected chi connectivity index (χ0v) is 14.5. The molecule has 3 aliphatic rings. The second kappa shape index (κ2) is 6.45. The predicted molar refractivity (Wildman–Crippen MR) is 91.8 cm³/mol. The van der Waals surface area contributed by atoms with Crippen LogP contribution in [0.1, 0.15) is 36.0 Å². The van der Waals surface area contributed by atoms with Gasteiger partial charge in [0.1, 0.15) is 0 Å². The van der Waals surface area contributed by atoms with Crippen molar-refractivity contribution < 1.29 is 9.53 Å². The molecule has 0 radical (unpaired) electrons. The van der Waals surface area contributed by atoms with Crippen LogP contribution in [-0.2, 0) is 4.74 Å². The Balaban J connectivity index is 1.32. The molecule has 0 bridgehead atoms. The number of piperidine rings is 1. The molecule has 3 fully saturated rings. The molecule has 1 spiro atoms. The summed E-state index contributed by atoms with van der Waals surface area (Å²) in [5.41, 5.74) is 0.900. The van der Waals surface area contributed by atoms with Crippen molar-refractivity contribution >= 4 is 5.91 Å². The first-order chi connectivity index (χ1) is 11.7. The Kier molecular flexibility index (Phi) is 4.31. The Hall–Kier alpha value is -1.46. The Morgan fingerprint density at radius 3 is 2.62 bits per heavy atom. The molecule has 1 amide bonds. The van der Waals surface area contributed by atoms with Crippen LogP contribution >= 0.6 is 0 Å². The summed E-state index contributed by atoms with van der Waals surface area (Å²) in [5.74, 6) is 1.60. The fourth-order valence-corrected chi connectivity index (χ4v) is 4.09. The van der Waals surface area contributed by atoms with Gasteiger partial charge in [-0.1, -0.05) is 0 Å². The van der Waals surface area contributed by atoms with Gasteiger partial charge in [-0.2, -0.15) is 0 Å². The molecule has 1 aliphatic carbocycles. The van der Waals surface area contributed by atoms with E-state index in [4.69, 9.17) is 4.74 Å². The van der Waals surface area contributed by atoms with Gasteiger partial charge in [-0.15, -0.1) is 0 Å². The normalized spacial score (nSPS) is 26.4. The largest absolute Gasteiger partial charge is 0.381 e. The first kappa shape index (κ1) is 16.0. The lowest BCUT2D eigenvalue weighted by Gasteiger charge is -2.58. The number of aromatic nitrogens is 1. The fraction of sp³-hybridized carbons (Fsp3) is 0.684. The number of likely N-dealkylation sites (tertiary alicyclic amines) is 2. The summed E-state index contributed by atoms with van der Waals surface area (Å²) >= 11 is 0. The molecule has 5 heteroatoms. The van der Waals surface area contributed by atoms with Crippen molar-refractivity contribution in [2.45, 2.75) is 31.2 Å². The molecule has 1 aromatic heterocycles. The molecule has 24 heavy (non-hydrogen) atoms. The van der Waals surface area contributed by atoms with Gasteiger partial charge in [-0.3, -0.25) is 14.7 Å². The molecule has 1 aromatic rings. The maximum Gasteiger partial charge on any atom is 0.254 e. The number of likely N-dealkylation sites (N-methyl/N-ethyl adjacent to an activating group) is 1. The highest BCUT2D eigenvalue weighted by Crippen LogP contribution is 2.39. The molecule has 0 N–H and O–H groups in total. The van der Waals surface area contributed by atoms with Gasteiger partial charge in [0.05, 0.1) is 5.54 Å². The minimum absolute atomic E-state index is 0.128. The summed E-state index contributed by atoms with van der Waals surface area (Å²) in [4.78, 5) is 21.0. The maximum absolute atomic E-state index is 12.5. The quantitative estimate of drug-likeness (QED) is 0.829. The van der Waals surface area contributed by atoms with Gasteiger partial charge in [0.2, 0.25) is 0 Å². The van der Waals surface area contributed by atoms with Crippen molar-refractivity contribution in [1.82, 2.24) is 14.8 Å². The van der Waals surface area contributed by atoms with Crippen molar-refractivity contribution in [3.05, 3.63) is 30.1 Å². The number of nitrogens with zero attached hydrogens (tertiary/aromatic N) is 3. The zero-order chi connectivity index (χ0) is 16.6. The van der Waals surface area contributed by atoms with E-state index < -0.39 is 0 Å². The molecule has 5 nitrogen and oxygen atoms in total.